The lowest BCUT2D eigenvalue weighted by molar-refractivity contribution is -0.384. The number of nitrogens with zero attached hydrogens (tertiary/aromatic N) is 3. The smallest absolute Gasteiger partial charge is 0.258 e. The third kappa shape index (κ3) is 2.78. The molecule has 0 amide bonds. The molecule has 0 atom stereocenters. The molecule has 0 saturated heterocycles. The summed E-state index contributed by atoms with van der Waals surface area (Å²) in [7, 11) is 0. The fraction of sp³-hybridized carbons (Fsp3) is 0.200. The van der Waals surface area contributed by atoms with E-state index in [0.29, 0.717) is 6.42 Å². The SMILES string of the molecule is N#CC(C#N)Cc1ccc([N+](=O)[O-])cc1. The minimum Gasteiger partial charge on any atom is -0.258 e. The fourth-order valence-corrected chi connectivity index (χ4v) is 1.11. The van der Waals surface area contributed by atoms with Gasteiger partial charge in [-0.1, -0.05) is 12.1 Å². The predicted octanol–water partition coefficient (Wildman–Crippen LogP) is 1.80. The average Bonchev–Trinajstić information content (AvgIpc) is 2.26. The van der Waals surface area contributed by atoms with Gasteiger partial charge in [0.2, 0.25) is 0 Å². The third-order valence-electron chi connectivity index (χ3n) is 1.90. The van der Waals surface area contributed by atoms with Gasteiger partial charge in [-0.15, -0.1) is 0 Å². The minimum atomic E-state index is -0.702. The first-order valence-electron chi connectivity index (χ1n) is 4.20. The maximum absolute atomic E-state index is 10.3. The lowest BCUT2D eigenvalue weighted by Gasteiger charge is -1.99. The first kappa shape index (κ1) is 10.7. The molecule has 0 aliphatic heterocycles. The van der Waals surface area contributed by atoms with Gasteiger partial charge in [0.15, 0.2) is 0 Å². The van der Waals surface area contributed by atoms with E-state index >= 15 is 0 Å². The van der Waals surface area contributed by atoms with E-state index in [0.717, 1.165) is 5.56 Å². The Hall–Kier alpha value is -2.40. The first-order valence-corrected chi connectivity index (χ1v) is 4.20. The van der Waals surface area contributed by atoms with Crippen LogP contribution in [0.5, 0.6) is 0 Å². The van der Waals surface area contributed by atoms with Gasteiger partial charge in [0.1, 0.15) is 5.92 Å². The van der Waals surface area contributed by atoms with Gasteiger partial charge < -0.3 is 0 Å². The Kier molecular flexibility index (Phi) is 3.37. The Labute approximate surface area is 86.3 Å². The van der Waals surface area contributed by atoms with Crippen LogP contribution in [0.2, 0.25) is 0 Å². The molecule has 1 aromatic carbocycles. The van der Waals surface area contributed by atoms with Crippen molar-refractivity contribution in [1.82, 2.24) is 0 Å². The molecule has 1 aromatic rings. The maximum atomic E-state index is 10.3. The van der Waals surface area contributed by atoms with Crippen LogP contribution in [0.3, 0.4) is 0 Å². The van der Waals surface area contributed by atoms with E-state index < -0.39 is 10.8 Å². The summed E-state index contributed by atoms with van der Waals surface area (Å²) in [6, 6.07) is 9.52. The van der Waals surface area contributed by atoms with Gasteiger partial charge >= 0.3 is 0 Å². The Bertz CT molecular complexity index is 425. The number of benzene rings is 1. The molecule has 0 fully saturated rings. The summed E-state index contributed by atoms with van der Waals surface area (Å²) >= 11 is 0. The van der Waals surface area contributed by atoms with Crippen LogP contribution < -0.4 is 0 Å². The minimum absolute atomic E-state index is 0.00390. The van der Waals surface area contributed by atoms with Crippen molar-refractivity contribution >= 4 is 5.69 Å². The lowest BCUT2D eigenvalue weighted by Crippen LogP contribution is -1.98. The molecule has 0 saturated carbocycles. The highest BCUT2D eigenvalue weighted by Crippen LogP contribution is 2.14. The molecule has 0 aliphatic rings. The number of hydrogen-bond donors (Lipinski definition) is 0. The summed E-state index contributed by atoms with van der Waals surface area (Å²) in [5, 5.41) is 27.4. The molecule has 0 radical (unpaired) electrons. The zero-order chi connectivity index (χ0) is 11.3. The molecule has 1 rings (SSSR count). The van der Waals surface area contributed by atoms with Crippen molar-refractivity contribution in [3.8, 4) is 12.1 Å². The van der Waals surface area contributed by atoms with Gasteiger partial charge in [-0.25, -0.2) is 0 Å². The van der Waals surface area contributed by atoms with Crippen LogP contribution in [0.25, 0.3) is 0 Å². The number of rotatable bonds is 3. The van der Waals surface area contributed by atoms with E-state index in [1.165, 1.54) is 12.1 Å². The molecule has 15 heavy (non-hydrogen) atoms. The normalized spacial score (nSPS) is 9.27. The van der Waals surface area contributed by atoms with Crippen LogP contribution in [-0.2, 0) is 6.42 Å². The number of nitro groups is 1. The van der Waals surface area contributed by atoms with Crippen molar-refractivity contribution < 1.29 is 4.92 Å². The number of nitriles is 2. The summed E-state index contributed by atoms with van der Waals surface area (Å²) in [6.45, 7) is 0. The van der Waals surface area contributed by atoms with Crippen LogP contribution in [-0.4, -0.2) is 4.92 Å². The van der Waals surface area contributed by atoms with Crippen molar-refractivity contribution in [2.45, 2.75) is 6.42 Å². The lowest BCUT2D eigenvalue weighted by atomic mass is 10.0. The van der Waals surface area contributed by atoms with Gasteiger partial charge in [-0.2, -0.15) is 10.5 Å². The Morgan fingerprint density at radius 1 is 1.27 bits per heavy atom. The predicted molar refractivity (Wildman–Crippen MR) is 51.5 cm³/mol. The van der Waals surface area contributed by atoms with Crippen molar-refractivity contribution in [3.63, 3.8) is 0 Å². The molecular formula is C10H7N3O2. The highest BCUT2D eigenvalue weighted by atomic mass is 16.6. The molecule has 0 aromatic heterocycles. The topological polar surface area (TPSA) is 90.7 Å². The summed E-state index contributed by atoms with van der Waals surface area (Å²) in [5.41, 5.74) is 0.748. The molecule has 0 heterocycles. The maximum Gasteiger partial charge on any atom is 0.269 e. The van der Waals surface area contributed by atoms with Gasteiger partial charge in [0, 0.05) is 18.6 Å². The van der Waals surface area contributed by atoms with Crippen molar-refractivity contribution in [1.29, 1.82) is 10.5 Å². The third-order valence-corrected chi connectivity index (χ3v) is 1.90. The number of nitro benzene ring substituents is 1. The fourth-order valence-electron chi connectivity index (χ4n) is 1.11. The second kappa shape index (κ2) is 4.73. The Morgan fingerprint density at radius 3 is 2.20 bits per heavy atom. The van der Waals surface area contributed by atoms with Crippen LogP contribution >= 0.6 is 0 Å². The monoisotopic (exact) mass is 201 g/mol. The van der Waals surface area contributed by atoms with Crippen molar-refractivity contribution in [2.75, 3.05) is 0 Å². The van der Waals surface area contributed by atoms with Crippen LogP contribution in [0.4, 0.5) is 5.69 Å². The van der Waals surface area contributed by atoms with Gasteiger partial charge in [-0.3, -0.25) is 10.1 Å². The standard InChI is InChI=1S/C10H7N3O2/c11-6-9(7-12)5-8-1-3-10(4-2-8)13(14)15/h1-4,9H,5H2. The van der Waals surface area contributed by atoms with Gasteiger partial charge in [0.25, 0.3) is 5.69 Å². The van der Waals surface area contributed by atoms with Crippen LogP contribution in [0.1, 0.15) is 5.56 Å². The summed E-state index contributed by atoms with van der Waals surface area (Å²) < 4.78 is 0. The van der Waals surface area contributed by atoms with Crippen LogP contribution in [0.15, 0.2) is 24.3 Å². The van der Waals surface area contributed by atoms with E-state index in [1.807, 2.05) is 12.1 Å². The molecule has 0 spiro atoms. The molecule has 0 unspecified atom stereocenters. The van der Waals surface area contributed by atoms with Crippen LogP contribution in [0, 0.1) is 38.7 Å². The molecule has 0 N–H and O–H groups in total. The van der Waals surface area contributed by atoms with E-state index in [9.17, 15) is 10.1 Å². The summed E-state index contributed by atoms with van der Waals surface area (Å²) in [6.07, 6.45) is 0.297. The number of non-ortho nitro benzene ring substituents is 1. The molecule has 0 aliphatic carbocycles. The zero-order valence-electron chi connectivity index (χ0n) is 7.75. The van der Waals surface area contributed by atoms with E-state index in [-0.39, 0.29) is 5.69 Å². The quantitative estimate of drug-likeness (QED) is 0.550. The summed E-state index contributed by atoms with van der Waals surface area (Å²) in [4.78, 5) is 9.86. The average molecular weight is 201 g/mol. The Balaban J connectivity index is 2.78. The van der Waals surface area contributed by atoms with Crippen molar-refractivity contribution in [3.05, 3.63) is 39.9 Å². The van der Waals surface area contributed by atoms with E-state index in [1.54, 1.807) is 12.1 Å². The molecule has 5 nitrogen and oxygen atoms in total. The molecule has 74 valence electrons. The van der Waals surface area contributed by atoms with Crippen molar-refractivity contribution in [2.24, 2.45) is 5.92 Å². The van der Waals surface area contributed by atoms with Gasteiger partial charge in [0.05, 0.1) is 17.1 Å². The van der Waals surface area contributed by atoms with E-state index in [4.69, 9.17) is 10.5 Å². The second-order valence-corrected chi connectivity index (χ2v) is 2.94. The zero-order valence-corrected chi connectivity index (χ0v) is 7.75. The summed E-state index contributed by atoms with van der Waals surface area (Å²) in [5.74, 6) is -0.702. The Morgan fingerprint density at radius 2 is 1.80 bits per heavy atom. The second-order valence-electron chi connectivity index (χ2n) is 2.94. The molecule has 0 bridgehead atoms. The number of hydrogen-bond acceptors (Lipinski definition) is 4. The van der Waals surface area contributed by atoms with Gasteiger partial charge in [-0.05, 0) is 5.56 Å². The van der Waals surface area contributed by atoms with E-state index in [2.05, 4.69) is 0 Å². The molecular weight excluding hydrogens is 194 g/mol. The molecule has 5 heteroatoms. The first-order chi connectivity index (χ1) is 7.17. The highest BCUT2D eigenvalue weighted by molar-refractivity contribution is 5.33. The highest BCUT2D eigenvalue weighted by Gasteiger charge is 2.08. The largest absolute Gasteiger partial charge is 0.269 e.